The molecule has 4 amide bonds. The van der Waals surface area contributed by atoms with Crippen molar-refractivity contribution in [1.82, 2.24) is 15.5 Å². The molecule has 0 spiro atoms. The first-order valence-electron chi connectivity index (χ1n) is 11.7. The largest absolute Gasteiger partial charge is 0.343 e. The minimum atomic E-state index is -0.911. The van der Waals surface area contributed by atoms with Gasteiger partial charge >= 0.3 is 6.03 Å². The molecule has 8 nitrogen and oxygen atoms in total. The van der Waals surface area contributed by atoms with Gasteiger partial charge in [0.15, 0.2) is 5.78 Å². The summed E-state index contributed by atoms with van der Waals surface area (Å²) in [4.78, 5) is 50.6. The molecule has 3 rings (SSSR count). The summed E-state index contributed by atoms with van der Waals surface area (Å²) in [5.74, 6) is -0.816. The lowest BCUT2D eigenvalue weighted by molar-refractivity contribution is -0.137. The van der Waals surface area contributed by atoms with Crippen LogP contribution in [0.3, 0.4) is 0 Å². The SMILES string of the molecule is CC(=O)N[C@H](CNC(=O)Nc1cccc(C(C)=O)c1)C(=O)N1CCC[C@@H](Cc2ccc(F)cc2)C1. The van der Waals surface area contributed by atoms with Crippen LogP contribution in [0.4, 0.5) is 14.9 Å². The smallest absolute Gasteiger partial charge is 0.319 e. The molecule has 35 heavy (non-hydrogen) atoms. The molecule has 0 bridgehead atoms. The molecule has 0 radical (unpaired) electrons. The fourth-order valence-electron chi connectivity index (χ4n) is 4.24. The van der Waals surface area contributed by atoms with Crippen molar-refractivity contribution in [2.24, 2.45) is 5.92 Å². The van der Waals surface area contributed by atoms with Crippen LogP contribution in [0.25, 0.3) is 0 Å². The number of carbonyl (C=O) groups excluding carboxylic acids is 4. The second kappa shape index (κ2) is 12.1. The number of hydrogen-bond donors (Lipinski definition) is 3. The Labute approximate surface area is 204 Å². The number of hydrogen-bond acceptors (Lipinski definition) is 4. The van der Waals surface area contributed by atoms with Crippen molar-refractivity contribution >= 4 is 29.3 Å². The highest BCUT2D eigenvalue weighted by atomic mass is 19.1. The Hall–Kier alpha value is -3.75. The van der Waals surface area contributed by atoms with Gasteiger partial charge in [0.05, 0.1) is 0 Å². The zero-order valence-electron chi connectivity index (χ0n) is 20.0. The van der Waals surface area contributed by atoms with Crippen molar-refractivity contribution < 1.29 is 23.6 Å². The average Bonchev–Trinajstić information content (AvgIpc) is 2.83. The van der Waals surface area contributed by atoms with Gasteiger partial charge in [-0.25, -0.2) is 9.18 Å². The number of nitrogens with zero attached hydrogens (tertiary/aromatic N) is 1. The Morgan fingerprint density at radius 1 is 1.09 bits per heavy atom. The molecular formula is C26H31FN4O4. The van der Waals surface area contributed by atoms with Crippen LogP contribution in [0, 0.1) is 11.7 Å². The summed E-state index contributed by atoms with van der Waals surface area (Å²) in [6, 6.07) is 11.4. The number of anilines is 1. The third-order valence-corrected chi connectivity index (χ3v) is 5.94. The maximum absolute atomic E-state index is 13.2. The Balaban J connectivity index is 1.58. The first-order valence-corrected chi connectivity index (χ1v) is 11.7. The van der Waals surface area contributed by atoms with Gasteiger partial charge in [0.2, 0.25) is 11.8 Å². The molecule has 1 aliphatic heterocycles. The molecule has 0 aliphatic carbocycles. The van der Waals surface area contributed by atoms with E-state index in [1.165, 1.54) is 26.0 Å². The van der Waals surface area contributed by atoms with E-state index in [9.17, 15) is 23.6 Å². The maximum atomic E-state index is 13.2. The fourth-order valence-corrected chi connectivity index (χ4v) is 4.24. The first kappa shape index (κ1) is 25.9. The molecule has 2 atom stereocenters. The molecule has 1 saturated heterocycles. The van der Waals surface area contributed by atoms with Crippen molar-refractivity contribution in [3.05, 3.63) is 65.5 Å². The summed E-state index contributed by atoms with van der Waals surface area (Å²) in [5.41, 5.74) is 1.92. The summed E-state index contributed by atoms with van der Waals surface area (Å²) in [7, 11) is 0. The number of amides is 4. The van der Waals surface area contributed by atoms with Gasteiger partial charge in [-0.2, -0.15) is 0 Å². The van der Waals surface area contributed by atoms with E-state index < -0.39 is 12.1 Å². The van der Waals surface area contributed by atoms with Crippen molar-refractivity contribution in [3.63, 3.8) is 0 Å². The molecule has 9 heteroatoms. The molecule has 3 N–H and O–H groups in total. The third-order valence-electron chi connectivity index (χ3n) is 5.94. The van der Waals surface area contributed by atoms with E-state index in [4.69, 9.17) is 0 Å². The number of benzene rings is 2. The van der Waals surface area contributed by atoms with Crippen molar-refractivity contribution in [2.75, 3.05) is 25.0 Å². The van der Waals surface area contributed by atoms with Crippen LogP contribution < -0.4 is 16.0 Å². The van der Waals surface area contributed by atoms with Crippen molar-refractivity contribution in [3.8, 4) is 0 Å². The summed E-state index contributed by atoms with van der Waals surface area (Å²) in [5, 5.41) is 7.90. The summed E-state index contributed by atoms with van der Waals surface area (Å²) < 4.78 is 13.2. The molecule has 2 aromatic carbocycles. The summed E-state index contributed by atoms with van der Waals surface area (Å²) >= 11 is 0. The number of ketones is 1. The van der Waals surface area contributed by atoms with Crippen LogP contribution in [-0.4, -0.2) is 54.2 Å². The number of nitrogens with one attached hydrogen (secondary N) is 3. The Morgan fingerprint density at radius 3 is 2.51 bits per heavy atom. The second-order valence-corrected chi connectivity index (χ2v) is 8.85. The Bertz CT molecular complexity index is 1070. The van der Waals surface area contributed by atoms with E-state index in [0.29, 0.717) is 24.3 Å². The lowest BCUT2D eigenvalue weighted by Crippen LogP contribution is -2.55. The van der Waals surface area contributed by atoms with Gasteiger partial charge in [-0.3, -0.25) is 14.4 Å². The van der Waals surface area contributed by atoms with Gasteiger partial charge < -0.3 is 20.9 Å². The van der Waals surface area contributed by atoms with Gasteiger partial charge in [0.1, 0.15) is 11.9 Å². The molecule has 1 aliphatic rings. The zero-order chi connectivity index (χ0) is 25.4. The lowest BCUT2D eigenvalue weighted by Gasteiger charge is -2.35. The van der Waals surface area contributed by atoms with E-state index in [0.717, 1.165) is 24.8 Å². The maximum Gasteiger partial charge on any atom is 0.319 e. The number of halogens is 1. The third kappa shape index (κ3) is 7.91. The predicted octanol–water partition coefficient (Wildman–Crippen LogP) is 3.14. The van der Waals surface area contributed by atoms with Crippen molar-refractivity contribution in [1.29, 1.82) is 0 Å². The van der Waals surface area contributed by atoms with Gasteiger partial charge in [-0.05, 0) is 61.9 Å². The molecule has 0 aromatic heterocycles. The van der Waals surface area contributed by atoms with Crippen LogP contribution in [0.1, 0.15) is 42.6 Å². The number of urea groups is 1. The number of carbonyl (C=O) groups is 4. The van der Waals surface area contributed by atoms with Crippen LogP contribution in [0.2, 0.25) is 0 Å². The minimum Gasteiger partial charge on any atom is -0.343 e. The zero-order valence-corrected chi connectivity index (χ0v) is 20.0. The van der Waals surface area contributed by atoms with Gasteiger partial charge in [-0.1, -0.05) is 24.3 Å². The summed E-state index contributed by atoms with van der Waals surface area (Å²) in [6.45, 7) is 3.76. The number of likely N-dealkylation sites (tertiary alicyclic amines) is 1. The Kier molecular flexibility index (Phi) is 8.94. The van der Waals surface area contributed by atoms with Crippen LogP contribution in [0.15, 0.2) is 48.5 Å². The van der Waals surface area contributed by atoms with E-state index in [1.54, 1.807) is 41.3 Å². The molecule has 186 valence electrons. The highest BCUT2D eigenvalue weighted by Gasteiger charge is 2.30. The van der Waals surface area contributed by atoms with E-state index in [2.05, 4.69) is 16.0 Å². The molecule has 2 aromatic rings. The highest BCUT2D eigenvalue weighted by Crippen LogP contribution is 2.22. The average molecular weight is 483 g/mol. The minimum absolute atomic E-state index is 0.0875. The second-order valence-electron chi connectivity index (χ2n) is 8.85. The number of Topliss-reactive ketones (excluding diaryl/α,β-unsaturated/α-hetero) is 1. The number of piperidine rings is 1. The summed E-state index contributed by atoms with van der Waals surface area (Å²) in [6.07, 6.45) is 2.51. The van der Waals surface area contributed by atoms with Crippen molar-refractivity contribution in [2.45, 2.75) is 39.2 Å². The lowest BCUT2D eigenvalue weighted by atomic mass is 9.91. The molecule has 1 fully saturated rings. The van der Waals surface area contributed by atoms with Crippen LogP contribution in [-0.2, 0) is 16.0 Å². The predicted molar refractivity (Wildman–Crippen MR) is 130 cm³/mol. The topological polar surface area (TPSA) is 108 Å². The fraction of sp³-hybridized carbons (Fsp3) is 0.385. The van der Waals surface area contributed by atoms with Gasteiger partial charge in [0.25, 0.3) is 0 Å². The standard InChI is InChI=1S/C26H31FN4O4/c1-17(32)21-6-3-7-23(14-21)30-26(35)28-15-24(29-18(2)33)25(34)31-12-4-5-20(16-31)13-19-8-10-22(27)11-9-19/h3,6-11,14,20,24H,4-5,12-13,15-16H2,1-2H3,(H,29,33)(H2,28,30,35)/t20-,24+/m0/s1. The first-order chi connectivity index (χ1) is 16.7. The monoisotopic (exact) mass is 482 g/mol. The van der Waals surface area contributed by atoms with E-state index in [-0.39, 0.29) is 35.9 Å². The number of rotatable bonds is 8. The molecule has 0 saturated carbocycles. The molecule has 0 unspecified atom stereocenters. The quantitative estimate of drug-likeness (QED) is 0.503. The molecular weight excluding hydrogens is 451 g/mol. The van der Waals surface area contributed by atoms with E-state index in [1.807, 2.05) is 0 Å². The van der Waals surface area contributed by atoms with Gasteiger partial charge in [0, 0.05) is 37.8 Å². The highest BCUT2D eigenvalue weighted by molar-refractivity contribution is 5.97. The Morgan fingerprint density at radius 2 is 1.83 bits per heavy atom. The van der Waals surface area contributed by atoms with E-state index >= 15 is 0 Å². The van der Waals surface area contributed by atoms with Gasteiger partial charge in [-0.15, -0.1) is 0 Å². The normalized spacial score (nSPS) is 16.2. The molecule has 1 heterocycles. The van der Waals surface area contributed by atoms with Crippen LogP contribution >= 0.6 is 0 Å². The van der Waals surface area contributed by atoms with Crippen LogP contribution in [0.5, 0.6) is 0 Å².